The molecule has 0 fully saturated rings. The molecule has 0 aliphatic carbocycles. The highest BCUT2D eigenvalue weighted by atomic mass is 16.1. The lowest BCUT2D eigenvalue weighted by Gasteiger charge is -2.39. The van der Waals surface area contributed by atoms with Gasteiger partial charge in [-0.2, -0.15) is 0 Å². The predicted octanol–water partition coefficient (Wildman–Crippen LogP) is 4.04. The van der Waals surface area contributed by atoms with Crippen LogP contribution in [-0.4, -0.2) is 18.4 Å². The summed E-state index contributed by atoms with van der Waals surface area (Å²) in [7, 11) is 1.96. The van der Waals surface area contributed by atoms with Crippen LogP contribution in [0.3, 0.4) is 0 Å². The van der Waals surface area contributed by atoms with Crippen molar-refractivity contribution >= 4 is 5.78 Å². The molecular weight excluding hydrogens is 222 g/mol. The van der Waals surface area contributed by atoms with E-state index in [0.717, 1.165) is 12.8 Å². The first kappa shape index (κ1) is 17.6. The lowest BCUT2D eigenvalue weighted by molar-refractivity contribution is -0.137. The van der Waals surface area contributed by atoms with Gasteiger partial charge in [0.25, 0.3) is 0 Å². The van der Waals surface area contributed by atoms with Crippen LogP contribution in [0.25, 0.3) is 0 Å². The Bertz CT molecular complexity index is 287. The van der Waals surface area contributed by atoms with Crippen molar-refractivity contribution in [2.45, 2.75) is 73.8 Å². The van der Waals surface area contributed by atoms with Gasteiger partial charge in [0.1, 0.15) is 5.78 Å². The third kappa shape index (κ3) is 5.09. The van der Waals surface area contributed by atoms with E-state index in [2.05, 4.69) is 60.7 Å². The van der Waals surface area contributed by atoms with Gasteiger partial charge in [-0.1, -0.05) is 41.5 Å². The third-order valence-electron chi connectivity index (χ3n) is 3.71. The molecule has 108 valence electrons. The Morgan fingerprint density at radius 2 is 1.44 bits per heavy atom. The zero-order chi connectivity index (χ0) is 14.8. The summed E-state index contributed by atoms with van der Waals surface area (Å²) in [5.41, 5.74) is -0.528. The maximum atomic E-state index is 12.8. The van der Waals surface area contributed by atoms with Crippen molar-refractivity contribution < 1.29 is 4.79 Å². The minimum Gasteiger partial charge on any atom is -0.315 e. The Morgan fingerprint density at radius 1 is 1.00 bits per heavy atom. The average molecular weight is 255 g/mol. The Morgan fingerprint density at radius 3 is 1.78 bits per heavy atom. The van der Waals surface area contributed by atoms with E-state index in [0.29, 0.717) is 11.7 Å². The first-order valence-electron chi connectivity index (χ1n) is 7.08. The van der Waals surface area contributed by atoms with Crippen LogP contribution in [0.4, 0.5) is 0 Å². The number of Topliss-reactive ketones (excluding diaryl/α,β-unsaturated/α-hetero) is 1. The number of carbonyl (C=O) groups is 1. The monoisotopic (exact) mass is 255 g/mol. The second-order valence-electron chi connectivity index (χ2n) is 8.01. The highest BCUT2D eigenvalue weighted by molar-refractivity contribution is 5.89. The van der Waals surface area contributed by atoms with Crippen molar-refractivity contribution in [2.24, 2.45) is 16.7 Å². The second kappa shape index (κ2) is 5.73. The lowest BCUT2D eigenvalue weighted by atomic mass is 9.66. The van der Waals surface area contributed by atoms with E-state index in [9.17, 15) is 4.79 Å². The van der Waals surface area contributed by atoms with Crippen LogP contribution < -0.4 is 5.32 Å². The average Bonchev–Trinajstić information content (AvgIpc) is 2.13. The topological polar surface area (TPSA) is 29.1 Å². The van der Waals surface area contributed by atoms with Crippen LogP contribution >= 0.6 is 0 Å². The molecule has 2 nitrogen and oxygen atoms in total. The third-order valence-corrected chi connectivity index (χ3v) is 3.71. The van der Waals surface area contributed by atoms with E-state index in [4.69, 9.17) is 0 Å². The zero-order valence-electron chi connectivity index (χ0n) is 13.9. The number of carbonyl (C=O) groups excluding carboxylic acids is 1. The molecule has 0 unspecified atom stereocenters. The molecule has 0 bridgehead atoms. The fraction of sp³-hybridized carbons (Fsp3) is 0.938. The SMILES string of the molecule is CNC(C)(C)CC(C)(C)C(=O)C(C)(C)CC(C)C. The molecule has 0 aromatic heterocycles. The van der Waals surface area contributed by atoms with Crippen LogP contribution in [0.15, 0.2) is 0 Å². The van der Waals surface area contributed by atoms with Crippen molar-refractivity contribution in [2.75, 3.05) is 7.05 Å². The molecule has 0 amide bonds. The molecule has 0 spiro atoms. The standard InChI is InChI=1S/C16H33NO/c1-12(2)10-14(3,4)13(18)15(5,6)11-16(7,8)17-9/h12,17H,10-11H2,1-9H3. The summed E-state index contributed by atoms with van der Waals surface area (Å²) in [5.74, 6) is 0.934. The molecule has 0 atom stereocenters. The minimum atomic E-state index is -0.287. The summed E-state index contributed by atoms with van der Waals surface area (Å²) >= 11 is 0. The largest absolute Gasteiger partial charge is 0.315 e. The number of hydrogen-bond donors (Lipinski definition) is 1. The van der Waals surface area contributed by atoms with Gasteiger partial charge in [-0.15, -0.1) is 0 Å². The molecule has 0 aromatic carbocycles. The molecule has 0 radical (unpaired) electrons. The van der Waals surface area contributed by atoms with Crippen molar-refractivity contribution in [1.29, 1.82) is 0 Å². The molecular formula is C16H33NO. The van der Waals surface area contributed by atoms with Crippen molar-refractivity contribution in [3.05, 3.63) is 0 Å². The van der Waals surface area contributed by atoms with Gasteiger partial charge in [0.15, 0.2) is 0 Å². The fourth-order valence-electron chi connectivity index (χ4n) is 3.30. The van der Waals surface area contributed by atoms with Crippen molar-refractivity contribution in [3.8, 4) is 0 Å². The summed E-state index contributed by atoms with van der Waals surface area (Å²) in [4.78, 5) is 12.8. The van der Waals surface area contributed by atoms with E-state index in [-0.39, 0.29) is 16.4 Å². The van der Waals surface area contributed by atoms with E-state index in [1.54, 1.807) is 0 Å². The van der Waals surface area contributed by atoms with Crippen LogP contribution in [0.2, 0.25) is 0 Å². The van der Waals surface area contributed by atoms with Gasteiger partial charge in [0.2, 0.25) is 0 Å². The van der Waals surface area contributed by atoms with Crippen molar-refractivity contribution in [3.63, 3.8) is 0 Å². The molecule has 18 heavy (non-hydrogen) atoms. The van der Waals surface area contributed by atoms with Crippen molar-refractivity contribution in [1.82, 2.24) is 5.32 Å². The second-order valence-corrected chi connectivity index (χ2v) is 8.01. The fourth-order valence-corrected chi connectivity index (χ4v) is 3.30. The minimum absolute atomic E-state index is 0.00687. The molecule has 2 heteroatoms. The highest BCUT2D eigenvalue weighted by Crippen LogP contribution is 2.38. The van der Waals surface area contributed by atoms with Gasteiger partial charge in [-0.3, -0.25) is 4.79 Å². The number of rotatable bonds is 7. The summed E-state index contributed by atoms with van der Waals surface area (Å²) in [6.07, 6.45) is 1.81. The molecule has 0 aliphatic rings. The highest BCUT2D eigenvalue weighted by Gasteiger charge is 2.41. The predicted molar refractivity (Wildman–Crippen MR) is 79.8 cm³/mol. The molecule has 0 saturated carbocycles. The van der Waals surface area contributed by atoms with E-state index in [1.165, 1.54) is 0 Å². The van der Waals surface area contributed by atoms with Gasteiger partial charge < -0.3 is 5.32 Å². The maximum absolute atomic E-state index is 12.8. The van der Waals surface area contributed by atoms with Gasteiger partial charge in [-0.25, -0.2) is 0 Å². The smallest absolute Gasteiger partial charge is 0.144 e. The Kier molecular flexibility index (Phi) is 5.61. The van der Waals surface area contributed by atoms with Gasteiger partial charge >= 0.3 is 0 Å². The van der Waals surface area contributed by atoms with E-state index in [1.807, 2.05) is 7.05 Å². The molecule has 1 N–H and O–H groups in total. The van der Waals surface area contributed by atoms with E-state index < -0.39 is 0 Å². The summed E-state index contributed by atoms with van der Waals surface area (Å²) in [6, 6.07) is 0. The normalized spacial score (nSPS) is 14.1. The van der Waals surface area contributed by atoms with Crippen LogP contribution in [0.1, 0.15) is 68.2 Å². The first-order chi connectivity index (χ1) is 7.84. The van der Waals surface area contributed by atoms with Crippen LogP contribution in [0.5, 0.6) is 0 Å². The Labute approximate surface area is 114 Å². The van der Waals surface area contributed by atoms with E-state index >= 15 is 0 Å². The number of ketones is 1. The summed E-state index contributed by atoms with van der Waals surface area (Å²) in [6.45, 7) is 17.0. The quantitative estimate of drug-likeness (QED) is 0.744. The first-order valence-corrected chi connectivity index (χ1v) is 7.08. The van der Waals surface area contributed by atoms with Gasteiger partial charge in [-0.05, 0) is 39.7 Å². The van der Waals surface area contributed by atoms with Gasteiger partial charge in [0.05, 0.1) is 0 Å². The molecule has 0 aliphatic heterocycles. The Balaban J connectivity index is 4.95. The summed E-state index contributed by atoms with van der Waals surface area (Å²) in [5, 5.41) is 3.29. The van der Waals surface area contributed by atoms with Gasteiger partial charge in [0, 0.05) is 16.4 Å². The number of hydrogen-bond acceptors (Lipinski definition) is 2. The lowest BCUT2D eigenvalue weighted by Crippen LogP contribution is -2.46. The van der Waals surface area contributed by atoms with Crippen LogP contribution in [0, 0.1) is 16.7 Å². The molecule has 0 aromatic rings. The number of nitrogens with one attached hydrogen (secondary N) is 1. The Hall–Kier alpha value is -0.370. The molecule has 0 rings (SSSR count). The van der Waals surface area contributed by atoms with Crippen LogP contribution in [-0.2, 0) is 4.79 Å². The maximum Gasteiger partial charge on any atom is 0.144 e. The molecule has 0 saturated heterocycles. The summed E-state index contributed by atoms with van der Waals surface area (Å²) < 4.78 is 0. The zero-order valence-corrected chi connectivity index (χ0v) is 13.9. The molecule has 0 heterocycles.